The van der Waals surface area contributed by atoms with E-state index in [4.69, 9.17) is 4.74 Å². The smallest absolute Gasteiger partial charge is 0.124 e. The zero-order chi connectivity index (χ0) is 12.8. The van der Waals surface area contributed by atoms with Crippen LogP contribution in [0.2, 0.25) is 0 Å². The fourth-order valence-corrected chi connectivity index (χ4v) is 1.75. The van der Waals surface area contributed by atoms with Crippen LogP contribution in [0.15, 0.2) is 24.3 Å². The van der Waals surface area contributed by atoms with Crippen LogP contribution in [-0.4, -0.2) is 24.4 Å². The molecular formula is C14H23NO2. The van der Waals surface area contributed by atoms with Crippen LogP contribution < -0.4 is 10.1 Å². The molecule has 3 nitrogen and oxygen atoms in total. The van der Waals surface area contributed by atoms with Crippen LogP contribution in [0.25, 0.3) is 0 Å². The van der Waals surface area contributed by atoms with Crippen molar-refractivity contribution in [2.24, 2.45) is 0 Å². The Bertz CT molecular complexity index is 335. The van der Waals surface area contributed by atoms with Crippen molar-refractivity contribution in [2.75, 3.05) is 7.05 Å². The van der Waals surface area contributed by atoms with Crippen molar-refractivity contribution in [3.63, 3.8) is 0 Å². The molecule has 0 fully saturated rings. The minimum Gasteiger partial charge on any atom is -0.488 e. The molecule has 0 aliphatic rings. The normalized spacial score (nSPS) is 16.3. The van der Waals surface area contributed by atoms with Gasteiger partial charge in [0.25, 0.3) is 0 Å². The summed E-state index contributed by atoms with van der Waals surface area (Å²) in [6.45, 7) is 5.75. The second-order valence-electron chi connectivity index (χ2n) is 4.35. The number of nitrogens with one attached hydrogen (secondary N) is 1. The summed E-state index contributed by atoms with van der Waals surface area (Å²) in [6.07, 6.45) is 0.322. The molecule has 1 rings (SSSR count). The molecule has 2 N–H and O–H groups in total. The summed E-state index contributed by atoms with van der Waals surface area (Å²) in [5, 5.41) is 12.8. The van der Waals surface area contributed by atoms with Crippen LogP contribution in [-0.2, 0) is 0 Å². The molecule has 3 unspecified atom stereocenters. The minimum atomic E-state index is -0.474. The molecule has 0 aliphatic carbocycles. The van der Waals surface area contributed by atoms with E-state index in [0.717, 1.165) is 17.7 Å². The molecule has 96 valence electrons. The van der Waals surface area contributed by atoms with E-state index >= 15 is 0 Å². The third-order valence-electron chi connectivity index (χ3n) is 3.04. The number of aliphatic hydroxyl groups excluding tert-OH is 1. The Morgan fingerprint density at radius 3 is 2.47 bits per heavy atom. The van der Waals surface area contributed by atoms with Crippen LogP contribution in [0.1, 0.15) is 38.8 Å². The van der Waals surface area contributed by atoms with E-state index < -0.39 is 6.10 Å². The number of aliphatic hydroxyl groups is 1. The van der Waals surface area contributed by atoms with Gasteiger partial charge in [0.05, 0.1) is 6.10 Å². The summed E-state index contributed by atoms with van der Waals surface area (Å²) >= 11 is 0. The predicted molar refractivity (Wildman–Crippen MR) is 70.3 cm³/mol. The summed E-state index contributed by atoms with van der Waals surface area (Å²) in [5.74, 6) is 0.849. The first-order valence-corrected chi connectivity index (χ1v) is 6.21. The molecule has 0 spiro atoms. The van der Waals surface area contributed by atoms with E-state index in [9.17, 15) is 5.11 Å². The second kappa shape index (κ2) is 6.62. The van der Waals surface area contributed by atoms with Gasteiger partial charge in [0.15, 0.2) is 0 Å². The maximum Gasteiger partial charge on any atom is 0.124 e. The van der Waals surface area contributed by atoms with Crippen molar-refractivity contribution >= 4 is 0 Å². The molecule has 1 aromatic carbocycles. The van der Waals surface area contributed by atoms with E-state index in [1.807, 2.05) is 32.2 Å². The van der Waals surface area contributed by atoms with Crippen LogP contribution in [0, 0.1) is 0 Å². The summed E-state index contributed by atoms with van der Waals surface area (Å²) in [4.78, 5) is 0. The van der Waals surface area contributed by atoms with Crippen molar-refractivity contribution in [3.8, 4) is 5.75 Å². The van der Waals surface area contributed by atoms with Crippen molar-refractivity contribution in [1.29, 1.82) is 0 Å². The van der Waals surface area contributed by atoms with Gasteiger partial charge in [0.1, 0.15) is 11.9 Å². The summed E-state index contributed by atoms with van der Waals surface area (Å²) in [6, 6.07) is 8.26. The standard InChI is InChI=1S/C14H23NO2/c1-5-13(15-4)12-8-6-7-9-14(12)17-11(3)10(2)16/h6-11,13,15-16H,5H2,1-4H3. The molecule has 3 heteroatoms. The van der Waals surface area contributed by atoms with Gasteiger partial charge in [-0.15, -0.1) is 0 Å². The second-order valence-corrected chi connectivity index (χ2v) is 4.35. The number of para-hydroxylation sites is 1. The van der Waals surface area contributed by atoms with E-state index in [-0.39, 0.29) is 12.1 Å². The lowest BCUT2D eigenvalue weighted by molar-refractivity contribution is 0.0594. The molecule has 0 aliphatic heterocycles. The number of hydrogen-bond acceptors (Lipinski definition) is 3. The highest BCUT2D eigenvalue weighted by molar-refractivity contribution is 5.36. The van der Waals surface area contributed by atoms with Crippen LogP contribution >= 0.6 is 0 Å². The van der Waals surface area contributed by atoms with Gasteiger partial charge in [-0.25, -0.2) is 0 Å². The van der Waals surface area contributed by atoms with Crippen molar-refractivity contribution < 1.29 is 9.84 Å². The highest BCUT2D eigenvalue weighted by Crippen LogP contribution is 2.27. The summed E-state index contributed by atoms with van der Waals surface area (Å²) < 4.78 is 5.80. The third kappa shape index (κ3) is 3.72. The Kier molecular flexibility index (Phi) is 5.45. The van der Waals surface area contributed by atoms with Gasteiger partial charge < -0.3 is 15.2 Å². The number of ether oxygens (including phenoxy) is 1. The zero-order valence-corrected chi connectivity index (χ0v) is 11.1. The highest BCUT2D eigenvalue weighted by Gasteiger charge is 2.16. The van der Waals surface area contributed by atoms with E-state index in [1.54, 1.807) is 6.92 Å². The molecule has 1 aromatic rings. The van der Waals surface area contributed by atoms with Crippen molar-refractivity contribution in [1.82, 2.24) is 5.32 Å². The molecule has 0 radical (unpaired) electrons. The van der Waals surface area contributed by atoms with Gasteiger partial charge >= 0.3 is 0 Å². The molecule has 0 aromatic heterocycles. The maximum atomic E-state index is 9.49. The lowest BCUT2D eigenvalue weighted by atomic mass is 10.0. The van der Waals surface area contributed by atoms with Crippen molar-refractivity contribution in [3.05, 3.63) is 29.8 Å². The summed E-state index contributed by atoms with van der Waals surface area (Å²) in [7, 11) is 1.95. The van der Waals surface area contributed by atoms with Crippen molar-refractivity contribution in [2.45, 2.75) is 45.4 Å². The number of benzene rings is 1. The fourth-order valence-electron chi connectivity index (χ4n) is 1.75. The Morgan fingerprint density at radius 1 is 1.29 bits per heavy atom. The Hall–Kier alpha value is -1.06. The van der Waals surface area contributed by atoms with Crippen LogP contribution in [0.3, 0.4) is 0 Å². The summed E-state index contributed by atoms with van der Waals surface area (Å²) in [5.41, 5.74) is 1.14. The molecule has 0 saturated carbocycles. The SMILES string of the molecule is CCC(NC)c1ccccc1OC(C)C(C)O. The lowest BCUT2D eigenvalue weighted by Crippen LogP contribution is -2.27. The van der Waals surface area contributed by atoms with Gasteiger partial charge in [0.2, 0.25) is 0 Å². The van der Waals surface area contributed by atoms with Crippen LogP contribution in [0.5, 0.6) is 5.75 Å². The van der Waals surface area contributed by atoms with E-state index in [1.165, 1.54) is 0 Å². The Morgan fingerprint density at radius 2 is 1.94 bits per heavy atom. The molecule has 0 amide bonds. The molecule has 17 heavy (non-hydrogen) atoms. The molecular weight excluding hydrogens is 214 g/mol. The minimum absolute atomic E-state index is 0.203. The first-order valence-electron chi connectivity index (χ1n) is 6.21. The number of hydrogen-bond donors (Lipinski definition) is 2. The largest absolute Gasteiger partial charge is 0.488 e. The van der Waals surface area contributed by atoms with Gasteiger partial charge in [0, 0.05) is 11.6 Å². The topological polar surface area (TPSA) is 41.5 Å². The fraction of sp³-hybridized carbons (Fsp3) is 0.571. The van der Waals surface area contributed by atoms with Gasteiger partial charge in [-0.3, -0.25) is 0 Å². The van der Waals surface area contributed by atoms with Gasteiger partial charge in [-0.1, -0.05) is 25.1 Å². The Labute approximate surface area is 104 Å². The molecule has 0 saturated heterocycles. The quantitative estimate of drug-likeness (QED) is 0.798. The first-order chi connectivity index (χ1) is 8.10. The van der Waals surface area contributed by atoms with E-state index in [2.05, 4.69) is 18.3 Å². The molecule has 0 bridgehead atoms. The highest BCUT2D eigenvalue weighted by atomic mass is 16.5. The average molecular weight is 237 g/mol. The van der Waals surface area contributed by atoms with Gasteiger partial charge in [-0.05, 0) is 33.4 Å². The predicted octanol–water partition coefficient (Wildman–Crippen LogP) is 2.51. The average Bonchev–Trinajstić information content (AvgIpc) is 2.32. The van der Waals surface area contributed by atoms with Crippen LogP contribution in [0.4, 0.5) is 0 Å². The maximum absolute atomic E-state index is 9.49. The van der Waals surface area contributed by atoms with Gasteiger partial charge in [-0.2, -0.15) is 0 Å². The lowest BCUT2D eigenvalue weighted by Gasteiger charge is -2.23. The molecule has 3 atom stereocenters. The monoisotopic (exact) mass is 237 g/mol. The third-order valence-corrected chi connectivity index (χ3v) is 3.04. The molecule has 0 heterocycles. The zero-order valence-electron chi connectivity index (χ0n) is 11.1. The first kappa shape index (κ1) is 14.0. The Balaban J connectivity index is 2.91. The number of rotatable bonds is 6. The van der Waals surface area contributed by atoms with E-state index in [0.29, 0.717) is 0 Å².